The Labute approximate surface area is 129 Å². The third kappa shape index (κ3) is 7.93. The minimum atomic E-state index is -2.10. The molecular formula is C16H27ClO2Si. The summed E-state index contributed by atoms with van der Waals surface area (Å²) >= 11 is 5.96. The molecular weight excluding hydrogens is 288 g/mol. The van der Waals surface area contributed by atoms with Gasteiger partial charge in [-0.2, -0.15) is 0 Å². The molecule has 0 saturated carbocycles. The van der Waals surface area contributed by atoms with Gasteiger partial charge in [0, 0.05) is 11.6 Å². The van der Waals surface area contributed by atoms with Crippen LogP contribution in [0.25, 0.3) is 0 Å². The molecule has 0 spiro atoms. The van der Waals surface area contributed by atoms with Gasteiger partial charge in [-0.1, -0.05) is 56.7 Å². The monoisotopic (exact) mass is 314 g/mol. The summed E-state index contributed by atoms with van der Waals surface area (Å²) in [6.45, 7) is 7.19. The first-order valence-electron chi connectivity index (χ1n) is 7.62. The van der Waals surface area contributed by atoms with E-state index in [1.807, 2.05) is 24.3 Å². The van der Waals surface area contributed by atoms with Gasteiger partial charge < -0.3 is 8.85 Å². The van der Waals surface area contributed by atoms with Crippen LogP contribution in [-0.4, -0.2) is 15.2 Å². The van der Waals surface area contributed by atoms with Gasteiger partial charge in [-0.3, -0.25) is 0 Å². The molecule has 0 atom stereocenters. The fourth-order valence-electron chi connectivity index (χ4n) is 2.04. The molecule has 0 amide bonds. The molecule has 20 heavy (non-hydrogen) atoms. The van der Waals surface area contributed by atoms with Crippen molar-refractivity contribution in [3.05, 3.63) is 29.3 Å². The maximum absolute atomic E-state index is 5.96. The SMILES string of the molecule is CCCCCCCCO[Si](C)(C)Oc1cccc(Cl)c1. The minimum absolute atomic E-state index is 0.697. The Morgan fingerprint density at radius 1 is 1.05 bits per heavy atom. The minimum Gasteiger partial charge on any atom is -0.520 e. The molecule has 0 bridgehead atoms. The van der Waals surface area contributed by atoms with Gasteiger partial charge in [-0.15, -0.1) is 0 Å². The second-order valence-electron chi connectivity index (χ2n) is 5.58. The van der Waals surface area contributed by atoms with E-state index in [2.05, 4.69) is 20.0 Å². The average molecular weight is 315 g/mol. The first-order chi connectivity index (χ1) is 9.53. The summed E-state index contributed by atoms with van der Waals surface area (Å²) in [5.74, 6) is 0.803. The summed E-state index contributed by atoms with van der Waals surface area (Å²) in [7, 11) is -2.10. The van der Waals surface area contributed by atoms with Crippen molar-refractivity contribution >= 4 is 20.2 Å². The van der Waals surface area contributed by atoms with Crippen LogP contribution < -0.4 is 4.43 Å². The lowest BCUT2D eigenvalue weighted by atomic mass is 10.1. The summed E-state index contributed by atoms with van der Waals surface area (Å²) in [4.78, 5) is 0. The molecule has 4 heteroatoms. The van der Waals surface area contributed by atoms with Gasteiger partial charge in [0.1, 0.15) is 5.75 Å². The lowest BCUT2D eigenvalue weighted by molar-refractivity contribution is 0.241. The third-order valence-electron chi connectivity index (χ3n) is 3.11. The first-order valence-corrected chi connectivity index (χ1v) is 10.8. The van der Waals surface area contributed by atoms with Crippen molar-refractivity contribution in [2.45, 2.75) is 58.5 Å². The van der Waals surface area contributed by atoms with E-state index in [-0.39, 0.29) is 0 Å². The summed E-state index contributed by atoms with van der Waals surface area (Å²) in [5, 5.41) is 0.697. The maximum atomic E-state index is 5.96. The van der Waals surface area contributed by atoms with E-state index in [0.29, 0.717) is 5.02 Å². The van der Waals surface area contributed by atoms with Gasteiger partial charge in [0.15, 0.2) is 0 Å². The Morgan fingerprint density at radius 3 is 2.45 bits per heavy atom. The lowest BCUT2D eigenvalue weighted by Crippen LogP contribution is -2.38. The molecule has 0 aromatic heterocycles. The molecule has 0 N–H and O–H groups in total. The largest absolute Gasteiger partial charge is 0.520 e. The van der Waals surface area contributed by atoms with Crippen molar-refractivity contribution < 1.29 is 8.85 Å². The molecule has 0 heterocycles. The van der Waals surface area contributed by atoms with E-state index < -0.39 is 8.56 Å². The fraction of sp³-hybridized carbons (Fsp3) is 0.625. The number of halogens is 1. The molecule has 2 nitrogen and oxygen atoms in total. The van der Waals surface area contributed by atoms with Gasteiger partial charge in [-0.05, 0) is 37.7 Å². The van der Waals surface area contributed by atoms with E-state index in [9.17, 15) is 0 Å². The zero-order chi connectivity index (χ0) is 14.8. The van der Waals surface area contributed by atoms with Crippen LogP contribution in [0.1, 0.15) is 45.4 Å². The number of rotatable bonds is 10. The summed E-state index contributed by atoms with van der Waals surface area (Å²) in [5.41, 5.74) is 0. The molecule has 1 aromatic rings. The summed E-state index contributed by atoms with van der Waals surface area (Å²) in [6, 6.07) is 7.51. The van der Waals surface area contributed by atoms with Gasteiger partial charge in [0.2, 0.25) is 0 Å². The van der Waals surface area contributed by atoms with Gasteiger partial charge in [-0.25, -0.2) is 0 Å². The van der Waals surface area contributed by atoms with E-state index in [1.165, 1.54) is 32.1 Å². The second kappa shape index (κ2) is 9.43. The van der Waals surface area contributed by atoms with E-state index in [1.54, 1.807) is 0 Å². The molecule has 1 aromatic carbocycles. The molecule has 0 saturated heterocycles. The molecule has 0 fully saturated rings. The molecule has 114 valence electrons. The first kappa shape index (κ1) is 17.5. The molecule has 0 aliphatic heterocycles. The topological polar surface area (TPSA) is 18.5 Å². The highest BCUT2D eigenvalue weighted by Crippen LogP contribution is 2.21. The molecule has 1 rings (SSSR count). The summed E-state index contributed by atoms with van der Waals surface area (Å²) < 4.78 is 11.9. The van der Waals surface area contributed by atoms with Crippen molar-refractivity contribution in [1.29, 1.82) is 0 Å². The fourth-order valence-corrected chi connectivity index (χ4v) is 3.61. The van der Waals surface area contributed by atoms with Crippen LogP contribution in [0, 0.1) is 0 Å². The van der Waals surface area contributed by atoms with Crippen molar-refractivity contribution in [2.24, 2.45) is 0 Å². The van der Waals surface area contributed by atoms with Gasteiger partial charge >= 0.3 is 8.56 Å². The highest BCUT2D eigenvalue weighted by atomic mass is 35.5. The van der Waals surface area contributed by atoms with Crippen molar-refractivity contribution in [3.8, 4) is 5.75 Å². The zero-order valence-electron chi connectivity index (χ0n) is 13.0. The molecule has 0 unspecified atom stereocenters. The third-order valence-corrected chi connectivity index (χ3v) is 4.97. The van der Waals surface area contributed by atoms with Crippen LogP contribution in [0.2, 0.25) is 18.1 Å². The van der Waals surface area contributed by atoms with E-state index in [0.717, 1.165) is 18.8 Å². The Balaban J connectivity index is 2.21. The molecule has 0 aliphatic rings. The Morgan fingerprint density at radius 2 is 1.75 bits per heavy atom. The van der Waals surface area contributed by atoms with Crippen molar-refractivity contribution in [2.75, 3.05) is 6.61 Å². The highest BCUT2D eigenvalue weighted by molar-refractivity contribution is 6.65. The lowest BCUT2D eigenvalue weighted by Gasteiger charge is -2.24. The smallest absolute Gasteiger partial charge is 0.392 e. The zero-order valence-corrected chi connectivity index (χ0v) is 14.7. The quantitative estimate of drug-likeness (QED) is 0.401. The highest BCUT2D eigenvalue weighted by Gasteiger charge is 2.26. The number of unbranched alkanes of at least 4 members (excludes halogenated alkanes) is 5. The standard InChI is InChI=1S/C16H27ClO2Si/c1-4-5-6-7-8-9-13-18-20(2,3)19-16-12-10-11-15(17)14-16/h10-12,14H,4-9,13H2,1-3H3. The van der Waals surface area contributed by atoms with Crippen LogP contribution >= 0.6 is 11.6 Å². The number of benzene rings is 1. The molecule has 0 radical (unpaired) electrons. The predicted octanol–water partition coefficient (Wildman–Crippen LogP) is 5.80. The normalized spacial score (nSPS) is 11.6. The predicted molar refractivity (Wildman–Crippen MR) is 88.9 cm³/mol. The Bertz CT molecular complexity index is 382. The van der Waals surface area contributed by atoms with Crippen molar-refractivity contribution in [1.82, 2.24) is 0 Å². The van der Waals surface area contributed by atoms with Crippen LogP contribution in [0.15, 0.2) is 24.3 Å². The van der Waals surface area contributed by atoms with Crippen LogP contribution in [0.5, 0.6) is 5.75 Å². The van der Waals surface area contributed by atoms with E-state index >= 15 is 0 Å². The Kier molecular flexibility index (Phi) is 8.27. The number of hydrogen-bond acceptors (Lipinski definition) is 2. The average Bonchev–Trinajstić information content (AvgIpc) is 2.37. The number of hydrogen-bond donors (Lipinski definition) is 0. The van der Waals surface area contributed by atoms with Gasteiger partial charge in [0.25, 0.3) is 0 Å². The van der Waals surface area contributed by atoms with Crippen LogP contribution in [0.3, 0.4) is 0 Å². The molecule has 0 aliphatic carbocycles. The maximum Gasteiger partial charge on any atom is 0.392 e. The summed E-state index contributed by atoms with van der Waals surface area (Å²) in [6.07, 6.45) is 7.67. The van der Waals surface area contributed by atoms with E-state index in [4.69, 9.17) is 20.5 Å². The Hall–Kier alpha value is -0.513. The second-order valence-corrected chi connectivity index (χ2v) is 9.30. The van der Waals surface area contributed by atoms with Crippen molar-refractivity contribution in [3.63, 3.8) is 0 Å². The van der Waals surface area contributed by atoms with Crippen LogP contribution in [0.4, 0.5) is 0 Å². The van der Waals surface area contributed by atoms with Crippen LogP contribution in [-0.2, 0) is 4.43 Å². The van der Waals surface area contributed by atoms with Gasteiger partial charge in [0.05, 0.1) is 0 Å².